The summed E-state index contributed by atoms with van der Waals surface area (Å²) in [5.74, 6) is 0.0303. The lowest BCUT2D eigenvalue weighted by molar-refractivity contribution is 0.0367. The fourth-order valence-corrected chi connectivity index (χ4v) is 2.00. The van der Waals surface area contributed by atoms with Crippen molar-refractivity contribution in [3.63, 3.8) is 0 Å². The lowest BCUT2D eigenvalue weighted by Crippen LogP contribution is -2.41. The molecule has 1 heterocycles. The normalized spacial score (nSPS) is 14.3. The van der Waals surface area contributed by atoms with Crippen molar-refractivity contribution in [3.8, 4) is 0 Å². The van der Waals surface area contributed by atoms with Crippen LogP contribution in [0.25, 0.3) is 0 Å². The number of aromatic nitrogens is 1. The Balaban J connectivity index is 2.56. The van der Waals surface area contributed by atoms with Gasteiger partial charge in [-0.15, -0.1) is 0 Å². The molecule has 1 rings (SSSR count). The summed E-state index contributed by atoms with van der Waals surface area (Å²) in [5, 5.41) is 13.2. The fourth-order valence-electron chi connectivity index (χ4n) is 1.84. The molecule has 0 radical (unpaired) electrons. The molecule has 1 unspecified atom stereocenters. The van der Waals surface area contributed by atoms with Crippen molar-refractivity contribution in [3.05, 3.63) is 29.0 Å². The summed E-state index contributed by atoms with van der Waals surface area (Å²) < 4.78 is 0. The molecule has 2 N–H and O–H groups in total. The van der Waals surface area contributed by atoms with E-state index in [1.165, 1.54) is 12.3 Å². The molecule has 0 aliphatic carbocycles. The number of rotatable bonds is 5. The molecule has 4 nitrogen and oxygen atoms in total. The van der Waals surface area contributed by atoms with Gasteiger partial charge in [-0.2, -0.15) is 0 Å². The van der Waals surface area contributed by atoms with E-state index in [0.717, 1.165) is 0 Å². The van der Waals surface area contributed by atoms with Gasteiger partial charge < -0.3 is 10.4 Å². The summed E-state index contributed by atoms with van der Waals surface area (Å²) in [5.41, 5.74) is -0.662. The van der Waals surface area contributed by atoms with E-state index in [0.29, 0.717) is 17.4 Å². The van der Waals surface area contributed by atoms with Crippen molar-refractivity contribution in [2.75, 3.05) is 6.54 Å². The number of aliphatic hydroxyl groups is 1. The van der Waals surface area contributed by atoms with Crippen molar-refractivity contribution in [2.24, 2.45) is 5.92 Å². The average molecular weight is 271 g/mol. The molecular weight excluding hydrogens is 252 g/mol. The van der Waals surface area contributed by atoms with Gasteiger partial charge in [0.25, 0.3) is 5.91 Å². The van der Waals surface area contributed by atoms with Gasteiger partial charge >= 0.3 is 0 Å². The Hall–Kier alpha value is -1.13. The zero-order valence-electron chi connectivity index (χ0n) is 10.9. The number of pyridine rings is 1. The Kier molecular flexibility index (Phi) is 5.11. The monoisotopic (exact) mass is 270 g/mol. The van der Waals surface area contributed by atoms with Gasteiger partial charge in [0.1, 0.15) is 5.69 Å². The first-order chi connectivity index (χ1) is 8.30. The minimum atomic E-state index is -0.914. The van der Waals surface area contributed by atoms with Crippen LogP contribution in [0.4, 0.5) is 0 Å². The van der Waals surface area contributed by atoms with E-state index in [9.17, 15) is 9.90 Å². The molecule has 1 aromatic rings. The molecular formula is C13H19ClN2O2. The van der Waals surface area contributed by atoms with Crippen molar-refractivity contribution in [1.29, 1.82) is 0 Å². The topological polar surface area (TPSA) is 62.2 Å². The summed E-state index contributed by atoms with van der Waals surface area (Å²) in [4.78, 5) is 15.7. The first kappa shape index (κ1) is 14.9. The van der Waals surface area contributed by atoms with Crippen LogP contribution in [-0.2, 0) is 0 Å². The Morgan fingerprint density at radius 1 is 1.61 bits per heavy atom. The molecule has 5 heteroatoms. The largest absolute Gasteiger partial charge is 0.388 e. The van der Waals surface area contributed by atoms with Crippen LogP contribution >= 0.6 is 11.6 Å². The van der Waals surface area contributed by atoms with Crippen LogP contribution in [0.3, 0.4) is 0 Å². The molecule has 18 heavy (non-hydrogen) atoms. The Labute approximate surface area is 112 Å². The predicted octanol–water partition coefficient (Wildman–Crippen LogP) is 2.26. The quantitative estimate of drug-likeness (QED) is 0.863. The Bertz CT molecular complexity index is 419. The highest BCUT2D eigenvalue weighted by Crippen LogP contribution is 2.15. The number of nitrogens with one attached hydrogen (secondary N) is 1. The second-order valence-electron chi connectivity index (χ2n) is 5.14. The number of hydrogen-bond acceptors (Lipinski definition) is 3. The van der Waals surface area contributed by atoms with Crippen LogP contribution in [0, 0.1) is 5.92 Å². The van der Waals surface area contributed by atoms with Crippen molar-refractivity contribution < 1.29 is 9.90 Å². The van der Waals surface area contributed by atoms with E-state index in [1.807, 2.05) is 13.8 Å². The molecule has 0 saturated heterocycles. The number of hydrogen-bond donors (Lipinski definition) is 2. The van der Waals surface area contributed by atoms with Crippen molar-refractivity contribution >= 4 is 17.5 Å². The van der Waals surface area contributed by atoms with Gasteiger partial charge in [0, 0.05) is 17.8 Å². The summed E-state index contributed by atoms with van der Waals surface area (Å²) in [6.45, 7) is 5.94. The van der Waals surface area contributed by atoms with Crippen LogP contribution in [0.5, 0.6) is 0 Å². The number of carbonyl (C=O) groups is 1. The molecule has 0 aromatic carbocycles. The molecule has 1 amide bonds. The SMILES string of the molecule is CC(C)CC(C)(O)CNC(=O)c1cc(Cl)ccn1. The summed E-state index contributed by atoms with van der Waals surface area (Å²) in [7, 11) is 0. The van der Waals surface area contributed by atoms with Gasteiger partial charge in [-0.1, -0.05) is 25.4 Å². The van der Waals surface area contributed by atoms with Gasteiger partial charge in [0.2, 0.25) is 0 Å². The van der Waals surface area contributed by atoms with Gasteiger partial charge in [-0.05, 0) is 31.4 Å². The zero-order valence-corrected chi connectivity index (χ0v) is 11.7. The minimum absolute atomic E-state index is 0.193. The van der Waals surface area contributed by atoms with Gasteiger partial charge in [-0.3, -0.25) is 9.78 Å². The number of nitrogens with zero attached hydrogens (tertiary/aromatic N) is 1. The summed E-state index contributed by atoms with van der Waals surface area (Å²) in [6, 6.07) is 3.10. The minimum Gasteiger partial charge on any atom is -0.388 e. The van der Waals surface area contributed by atoms with Crippen LogP contribution < -0.4 is 5.32 Å². The van der Waals surface area contributed by atoms with Crippen LogP contribution in [-0.4, -0.2) is 28.1 Å². The Morgan fingerprint density at radius 3 is 2.83 bits per heavy atom. The summed E-state index contributed by atoms with van der Waals surface area (Å²) in [6.07, 6.45) is 2.10. The zero-order chi connectivity index (χ0) is 13.8. The maximum absolute atomic E-state index is 11.8. The molecule has 0 bridgehead atoms. The molecule has 0 spiro atoms. The van der Waals surface area contributed by atoms with Crippen molar-refractivity contribution in [2.45, 2.75) is 32.8 Å². The van der Waals surface area contributed by atoms with Gasteiger partial charge in [-0.25, -0.2) is 0 Å². The molecule has 100 valence electrons. The van der Waals surface area contributed by atoms with E-state index < -0.39 is 5.60 Å². The lowest BCUT2D eigenvalue weighted by Gasteiger charge is -2.25. The molecule has 0 aliphatic rings. The maximum atomic E-state index is 11.8. The highest BCUT2D eigenvalue weighted by atomic mass is 35.5. The molecule has 0 fully saturated rings. The molecule has 0 aliphatic heterocycles. The molecule has 1 aromatic heterocycles. The smallest absolute Gasteiger partial charge is 0.270 e. The summed E-state index contributed by atoms with van der Waals surface area (Å²) >= 11 is 5.78. The number of halogens is 1. The molecule has 1 atom stereocenters. The lowest BCUT2D eigenvalue weighted by atomic mass is 9.94. The number of amides is 1. The second kappa shape index (κ2) is 6.16. The Morgan fingerprint density at radius 2 is 2.28 bits per heavy atom. The molecule has 0 saturated carbocycles. The first-order valence-corrected chi connectivity index (χ1v) is 6.30. The predicted molar refractivity (Wildman–Crippen MR) is 71.7 cm³/mol. The van der Waals surface area contributed by atoms with Gasteiger partial charge in [0.15, 0.2) is 0 Å². The average Bonchev–Trinajstić information content (AvgIpc) is 2.24. The van der Waals surface area contributed by atoms with Crippen LogP contribution in [0.1, 0.15) is 37.7 Å². The van der Waals surface area contributed by atoms with E-state index >= 15 is 0 Å². The van der Waals surface area contributed by atoms with E-state index in [1.54, 1.807) is 13.0 Å². The maximum Gasteiger partial charge on any atom is 0.270 e. The number of carbonyl (C=O) groups excluding carboxylic acids is 1. The third kappa shape index (κ3) is 5.02. The van der Waals surface area contributed by atoms with E-state index in [-0.39, 0.29) is 18.1 Å². The standard InChI is InChI=1S/C13H19ClN2O2/c1-9(2)7-13(3,18)8-16-12(17)11-6-10(14)4-5-15-11/h4-6,9,18H,7-8H2,1-3H3,(H,16,17). The van der Waals surface area contributed by atoms with Crippen LogP contribution in [0.2, 0.25) is 5.02 Å². The van der Waals surface area contributed by atoms with E-state index in [2.05, 4.69) is 10.3 Å². The van der Waals surface area contributed by atoms with Crippen LogP contribution in [0.15, 0.2) is 18.3 Å². The fraction of sp³-hybridized carbons (Fsp3) is 0.538. The third-order valence-corrected chi connectivity index (χ3v) is 2.67. The highest BCUT2D eigenvalue weighted by molar-refractivity contribution is 6.30. The van der Waals surface area contributed by atoms with Gasteiger partial charge in [0.05, 0.1) is 5.60 Å². The first-order valence-electron chi connectivity index (χ1n) is 5.92. The van der Waals surface area contributed by atoms with E-state index in [4.69, 9.17) is 11.6 Å². The van der Waals surface area contributed by atoms with Crippen molar-refractivity contribution in [1.82, 2.24) is 10.3 Å². The third-order valence-electron chi connectivity index (χ3n) is 2.43. The second-order valence-corrected chi connectivity index (χ2v) is 5.57. The highest BCUT2D eigenvalue weighted by Gasteiger charge is 2.23.